The highest BCUT2D eigenvalue weighted by Gasteiger charge is 2.16. The monoisotopic (exact) mass is 357 g/mol. The van der Waals surface area contributed by atoms with E-state index in [1.807, 2.05) is 24.3 Å². The number of hydrogen-bond acceptors (Lipinski definition) is 7. The first kappa shape index (κ1) is 17.4. The van der Waals surface area contributed by atoms with E-state index < -0.39 is 0 Å². The van der Waals surface area contributed by atoms with Crippen molar-refractivity contribution < 1.29 is 13.7 Å². The average Bonchev–Trinajstić information content (AvgIpc) is 3.20. The van der Waals surface area contributed by atoms with Gasteiger partial charge in [0.25, 0.3) is 11.1 Å². The molecule has 0 aliphatic heterocycles. The summed E-state index contributed by atoms with van der Waals surface area (Å²) in [4.78, 5) is 12.3. The van der Waals surface area contributed by atoms with E-state index in [-0.39, 0.29) is 22.8 Å². The number of rotatable bonds is 5. The molecule has 0 saturated heterocycles. The maximum atomic E-state index is 12.3. The summed E-state index contributed by atoms with van der Waals surface area (Å²) in [6, 6.07) is 9.43. The standard InChI is InChI=1S/C18H19N3O3S/c1-11-9-14(21-24-11)16-19-20-17(23-16)25-10-15(22)12-5-7-13(8-6-12)18(2,3)4/h5-9H,10H2,1-4H3. The molecule has 0 N–H and O–H groups in total. The molecule has 7 heteroatoms. The number of Topliss-reactive ketones (excluding diaryl/α,β-unsaturated/α-hetero) is 1. The molecule has 0 unspecified atom stereocenters. The summed E-state index contributed by atoms with van der Waals surface area (Å²) in [5.41, 5.74) is 2.42. The van der Waals surface area contributed by atoms with Crippen LogP contribution >= 0.6 is 11.8 Å². The lowest BCUT2D eigenvalue weighted by Gasteiger charge is -2.18. The molecule has 2 heterocycles. The molecule has 2 aromatic heterocycles. The molecule has 0 aliphatic carbocycles. The number of benzene rings is 1. The van der Waals surface area contributed by atoms with E-state index in [1.54, 1.807) is 13.0 Å². The molecule has 3 aromatic rings. The topological polar surface area (TPSA) is 82.0 Å². The molecule has 0 aliphatic rings. The van der Waals surface area contributed by atoms with Gasteiger partial charge in [-0.05, 0) is 17.9 Å². The molecular formula is C18H19N3O3S. The van der Waals surface area contributed by atoms with E-state index in [0.717, 1.165) is 0 Å². The number of nitrogens with zero attached hydrogens (tertiary/aromatic N) is 3. The zero-order chi connectivity index (χ0) is 18.0. The van der Waals surface area contributed by atoms with Gasteiger partial charge in [-0.15, -0.1) is 10.2 Å². The zero-order valence-electron chi connectivity index (χ0n) is 14.6. The summed E-state index contributed by atoms with van der Waals surface area (Å²) in [6.45, 7) is 8.21. The third kappa shape index (κ3) is 4.17. The van der Waals surface area contributed by atoms with Crippen LogP contribution in [0.2, 0.25) is 0 Å². The Morgan fingerprint density at radius 1 is 1.16 bits per heavy atom. The third-order valence-electron chi connectivity index (χ3n) is 3.65. The maximum absolute atomic E-state index is 12.3. The van der Waals surface area contributed by atoms with Gasteiger partial charge in [-0.25, -0.2) is 0 Å². The zero-order valence-corrected chi connectivity index (χ0v) is 15.4. The van der Waals surface area contributed by atoms with Crippen LogP contribution in [-0.2, 0) is 5.41 Å². The maximum Gasteiger partial charge on any atom is 0.277 e. The van der Waals surface area contributed by atoms with Crippen molar-refractivity contribution in [2.24, 2.45) is 0 Å². The van der Waals surface area contributed by atoms with E-state index in [1.165, 1.54) is 17.3 Å². The summed E-state index contributed by atoms with van der Waals surface area (Å²) in [5, 5.41) is 12.0. The molecule has 0 atom stereocenters. The van der Waals surface area contributed by atoms with E-state index in [2.05, 4.69) is 36.1 Å². The van der Waals surface area contributed by atoms with Crippen LogP contribution in [0, 0.1) is 6.92 Å². The number of hydrogen-bond donors (Lipinski definition) is 0. The molecule has 0 fully saturated rings. The Labute approximate surface area is 150 Å². The fourth-order valence-corrected chi connectivity index (χ4v) is 2.86. The molecule has 130 valence electrons. The van der Waals surface area contributed by atoms with Crippen LogP contribution in [0.3, 0.4) is 0 Å². The number of aromatic nitrogens is 3. The number of carbonyl (C=O) groups is 1. The van der Waals surface area contributed by atoms with Gasteiger partial charge in [-0.2, -0.15) is 0 Å². The first-order chi connectivity index (χ1) is 11.8. The van der Waals surface area contributed by atoms with Crippen LogP contribution in [0.4, 0.5) is 0 Å². The van der Waals surface area contributed by atoms with Crippen molar-refractivity contribution in [1.29, 1.82) is 0 Å². The molecule has 0 spiro atoms. The van der Waals surface area contributed by atoms with Crippen LogP contribution < -0.4 is 0 Å². The molecular weight excluding hydrogens is 338 g/mol. The largest absolute Gasteiger partial charge is 0.409 e. The van der Waals surface area contributed by atoms with E-state index in [9.17, 15) is 4.79 Å². The van der Waals surface area contributed by atoms with Crippen LogP contribution in [0.15, 0.2) is 44.5 Å². The van der Waals surface area contributed by atoms with Gasteiger partial charge in [0.15, 0.2) is 11.5 Å². The second-order valence-corrected chi connectivity index (χ2v) is 7.66. The van der Waals surface area contributed by atoms with Crippen molar-refractivity contribution in [2.75, 3.05) is 5.75 Å². The molecule has 3 rings (SSSR count). The van der Waals surface area contributed by atoms with E-state index in [4.69, 9.17) is 8.94 Å². The highest BCUT2D eigenvalue weighted by molar-refractivity contribution is 7.99. The smallest absolute Gasteiger partial charge is 0.277 e. The van der Waals surface area contributed by atoms with Crippen LogP contribution in [0.1, 0.15) is 42.5 Å². The number of thioether (sulfide) groups is 1. The van der Waals surface area contributed by atoms with Gasteiger partial charge in [0.2, 0.25) is 0 Å². The first-order valence-electron chi connectivity index (χ1n) is 7.86. The van der Waals surface area contributed by atoms with Crippen molar-refractivity contribution in [3.63, 3.8) is 0 Å². The summed E-state index contributed by atoms with van der Waals surface area (Å²) in [5.74, 6) is 1.19. The van der Waals surface area contributed by atoms with Crippen LogP contribution in [0.5, 0.6) is 0 Å². The molecule has 0 bridgehead atoms. The average molecular weight is 357 g/mol. The summed E-state index contributed by atoms with van der Waals surface area (Å²) >= 11 is 1.21. The quantitative estimate of drug-likeness (QED) is 0.497. The number of ketones is 1. The van der Waals surface area contributed by atoms with Crippen LogP contribution in [0.25, 0.3) is 11.6 Å². The predicted octanol–water partition coefficient (Wildman–Crippen LogP) is 4.31. The van der Waals surface area contributed by atoms with Gasteiger partial charge in [0, 0.05) is 11.6 Å². The van der Waals surface area contributed by atoms with Crippen LogP contribution in [-0.4, -0.2) is 26.9 Å². The summed E-state index contributed by atoms with van der Waals surface area (Å²) < 4.78 is 10.5. The fraction of sp³-hybridized carbons (Fsp3) is 0.333. The Morgan fingerprint density at radius 2 is 1.88 bits per heavy atom. The highest BCUT2D eigenvalue weighted by Crippen LogP contribution is 2.25. The second kappa shape index (κ2) is 6.84. The minimum atomic E-state index is 0.0162. The van der Waals surface area contributed by atoms with Crippen molar-refractivity contribution in [1.82, 2.24) is 15.4 Å². The SMILES string of the molecule is Cc1cc(-c2nnc(SCC(=O)c3ccc(C(C)(C)C)cc3)o2)no1. The Morgan fingerprint density at radius 3 is 2.48 bits per heavy atom. The Balaban J connectivity index is 1.62. The Kier molecular flexibility index (Phi) is 4.76. The Hall–Kier alpha value is -2.41. The molecule has 0 amide bonds. The Bertz CT molecular complexity index is 876. The molecule has 1 aromatic carbocycles. The lowest BCUT2D eigenvalue weighted by molar-refractivity contribution is 0.102. The fourth-order valence-electron chi connectivity index (χ4n) is 2.21. The highest BCUT2D eigenvalue weighted by atomic mass is 32.2. The first-order valence-corrected chi connectivity index (χ1v) is 8.85. The third-order valence-corrected chi connectivity index (χ3v) is 4.47. The van der Waals surface area contributed by atoms with E-state index >= 15 is 0 Å². The lowest BCUT2D eigenvalue weighted by Crippen LogP contribution is -2.11. The van der Waals surface area contributed by atoms with Gasteiger partial charge in [-0.3, -0.25) is 4.79 Å². The van der Waals surface area contributed by atoms with Gasteiger partial charge < -0.3 is 8.94 Å². The van der Waals surface area contributed by atoms with Crippen molar-refractivity contribution >= 4 is 17.5 Å². The number of carbonyl (C=O) groups excluding carboxylic acids is 1. The van der Waals surface area contributed by atoms with Crippen molar-refractivity contribution in [3.05, 3.63) is 47.2 Å². The van der Waals surface area contributed by atoms with Gasteiger partial charge >= 0.3 is 0 Å². The van der Waals surface area contributed by atoms with Gasteiger partial charge in [0.05, 0.1) is 5.75 Å². The molecule has 0 saturated carbocycles. The summed E-state index contributed by atoms with van der Waals surface area (Å²) in [7, 11) is 0. The lowest BCUT2D eigenvalue weighted by atomic mass is 9.86. The van der Waals surface area contributed by atoms with Crippen molar-refractivity contribution in [3.8, 4) is 11.6 Å². The summed E-state index contributed by atoms with van der Waals surface area (Å²) in [6.07, 6.45) is 0. The normalized spacial score (nSPS) is 11.7. The molecule has 0 radical (unpaired) electrons. The minimum absolute atomic E-state index is 0.0162. The molecule has 6 nitrogen and oxygen atoms in total. The van der Waals surface area contributed by atoms with Crippen molar-refractivity contribution in [2.45, 2.75) is 38.3 Å². The van der Waals surface area contributed by atoms with E-state index in [0.29, 0.717) is 22.2 Å². The van der Waals surface area contributed by atoms with Gasteiger partial charge in [-0.1, -0.05) is 62.0 Å². The minimum Gasteiger partial charge on any atom is -0.409 e. The number of aryl methyl sites for hydroxylation is 1. The van der Waals surface area contributed by atoms with Gasteiger partial charge in [0.1, 0.15) is 5.76 Å². The second-order valence-electron chi connectivity index (χ2n) is 6.74. The predicted molar refractivity (Wildman–Crippen MR) is 94.7 cm³/mol. The molecule has 25 heavy (non-hydrogen) atoms.